The number of aliphatic hydroxyl groups excluding tert-OH is 1. The van der Waals surface area contributed by atoms with Crippen molar-refractivity contribution in [3.05, 3.63) is 35.4 Å². The molecule has 0 spiro atoms. The van der Waals surface area contributed by atoms with Crippen molar-refractivity contribution < 1.29 is 9.84 Å². The van der Waals surface area contributed by atoms with Crippen LogP contribution in [0.15, 0.2) is 24.3 Å². The molecule has 1 fully saturated rings. The van der Waals surface area contributed by atoms with E-state index in [2.05, 4.69) is 50.2 Å². The van der Waals surface area contributed by atoms with Crippen molar-refractivity contribution in [2.45, 2.75) is 13.0 Å². The Kier molecular flexibility index (Phi) is 3.52. The molecule has 1 aromatic rings. The lowest BCUT2D eigenvalue weighted by Crippen LogP contribution is -2.53. The SMILES string of the molecule is Cc1cccc(C(N(C)C)C2(CO)COC2)c1. The lowest BCUT2D eigenvalue weighted by Gasteiger charge is -2.48. The average molecular weight is 235 g/mol. The van der Waals surface area contributed by atoms with Crippen LogP contribution in [0.1, 0.15) is 17.2 Å². The van der Waals surface area contributed by atoms with Crippen LogP contribution in [0.2, 0.25) is 0 Å². The number of hydrogen-bond acceptors (Lipinski definition) is 3. The van der Waals surface area contributed by atoms with Crippen LogP contribution in [0.5, 0.6) is 0 Å². The zero-order valence-corrected chi connectivity index (χ0v) is 10.8. The lowest BCUT2D eigenvalue weighted by molar-refractivity contribution is -0.172. The maximum Gasteiger partial charge on any atom is 0.0598 e. The molecule has 0 radical (unpaired) electrons. The molecule has 1 aliphatic rings. The average Bonchev–Trinajstić information content (AvgIpc) is 2.22. The van der Waals surface area contributed by atoms with Gasteiger partial charge < -0.3 is 14.7 Å². The topological polar surface area (TPSA) is 32.7 Å². The van der Waals surface area contributed by atoms with Crippen molar-refractivity contribution in [1.82, 2.24) is 4.90 Å². The summed E-state index contributed by atoms with van der Waals surface area (Å²) in [4.78, 5) is 2.17. The minimum absolute atomic E-state index is 0.142. The lowest BCUT2D eigenvalue weighted by atomic mass is 9.75. The molecule has 17 heavy (non-hydrogen) atoms. The van der Waals surface area contributed by atoms with Gasteiger partial charge in [-0.05, 0) is 26.6 Å². The van der Waals surface area contributed by atoms with Gasteiger partial charge in [0.25, 0.3) is 0 Å². The Bertz CT molecular complexity index is 380. The Morgan fingerprint density at radius 3 is 2.53 bits per heavy atom. The van der Waals surface area contributed by atoms with Crippen molar-refractivity contribution in [2.75, 3.05) is 33.9 Å². The monoisotopic (exact) mass is 235 g/mol. The first kappa shape index (κ1) is 12.6. The summed E-state index contributed by atoms with van der Waals surface area (Å²) in [5.41, 5.74) is 2.37. The number of aliphatic hydroxyl groups is 1. The molecule has 1 unspecified atom stereocenters. The first-order valence-corrected chi connectivity index (χ1v) is 6.01. The van der Waals surface area contributed by atoms with E-state index in [1.807, 2.05) is 0 Å². The summed E-state index contributed by atoms with van der Waals surface area (Å²) < 4.78 is 5.33. The van der Waals surface area contributed by atoms with Crippen molar-refractivity contribution in [3.63, 3.8) is 0 Å². The predicted molar refractivity (Wildman–Crippen MR) is 67.9 cm³/mol. The van der Waals surface area contributed by atoms with E-state index in [1.54, 1.807) is 0 Å². The molecule has 1 heterocycles. The van der Waals surface area contributed by atoms with Gasteiger partial charge in [-0.3, -0.25) is 0 Å². The zero-order valence-electron chi connectivity index (χ0n) is 10.8. The Morgan fingerprint density at radius 2 is 2.12 bits per heavy atom. The highest BCUT2D eigenvalue weighted by molar-refractivity contribution is 5.27. The smallest absolute Gasteiger partial charge is 0.0598 e. The van der Waals surface area contributed by atoms with Gasteiger partial charge in [-0.1, -0.05) is 29.8 Å². The predicted octanol–water partition coefficient (Wildman–Crippen LogP) is 1.61. The number of ether oxygens (including phenoxy) is 1. The molecule has 2 rings (SSSR count). The molecule has 0 aromatic heterocycles. The molecular weight excluding hydrogens is 214 g/mol. The molecular formula is C14H21NO2. The van der Waals surface area contributed by atoms with Crippen molar-refractivity contribution in [3.8, 4) is 0 Å². The van der Waals surface area contributed by atoms with Crippen LogP contribution in [0, 0.1) is 12.3 Å². The van der Waals surface area contributed by atoms with Gasteiger partial charge in [0.2, 0.25) is 0 Å². The van der Waals surface area contributed by atoms with E-state index in [4.69, 9.17) is 4.74 Å². The van der Waals surface area contributed by atoms with Crippen molar-refractivity contribution in [2.24, 2.45) is 5.41 Å². The van der Waals surface area contributed by atoms with Crippen LogP contribution in [-0.2, 0) is 4.74 Å². The van der Waals surface area contributed by atoms with Gasteiger partial charge >= 0.3 is 0 Å². The second-order valence-electron chi connectivity index (χ2n) is 5.29. The summed E-state index contributed by atoms with van der Waals surface area (Å²) in [6.07, 6.45) is 0. The number of nitrogens with zero attached hydrogens (tertiary/aromatic N) is 1. The minimum atomic E-state index is -0.142. The van der Waals surface area contributed by atoms with Gasteiger partial charge in [0, 0.05) is 6.04 Å². The summed E-state index contributed by atoms with van der Waals surface area (Å²) in [6.45, 7) is 3.55. The molecule has 1 atom stereocenters. The minimum Gasteiger partial charge on any atom is -0.396 e. The maximum atomic E-state index is 9.68. The number of benzene rings is 1. The third-order valence-electron chi connectivity index (χ3n) is 3.55. The fourth-order valence-electron chi connectivity index (χ4n) is 2.74. The van der Waals surface area contributed by atoms with E-state index in [1.165, 1.54) is 11.1 Å². The number of rotatable bonds is 4. The maximum absolute atomic E-state index is 9.68. The summed E-state index contributed by atoms with van der Waals surface area (Å²) in [6, 6.07) is 8.71. The number of hydrogen-bond donors (Lipinski definition) is 1. The molecule has 0 aliphatic carbocycles. The first-order valence-electron chi connectivity index (χ1n) is 6.01. The van der Waals surface area contributed by atoms with E-state index >= 15 is 0 Å². The Morgan fingerprint density at radius 1 is 1.41 bits per heavy atom. The van der Waals surface area contributed by atoms with E-state index in [0.29, 0.717) is 13.2 Å². The van der Waals surface area contributed by atoms with E-state index < -0.39 is 0 Å². The van der Waals surface area contributed by atoms with Crippen LogP contribution in [0.4, 0.5) is 0 Å². The van der Waals surface area contributed by atoms with Crippen molar-refractivity contribution >= 4 is 0 Å². The summed E-state index contributed by atoms with van der Waals surface area (Å²) in [5, 5.41) is 9.68. The third kappa shape index (κ3) is 2.23. The molecule has 1 saturated heterocycles. The largest absolute Gasteiger partial charge is 0.396 e. The molecule has 0 saturated carbocycles. The molecule has 0 amide bonds. The Balaban J connectivity index is 2.35. The highest BCUT2D eigenvalue weighted by Gasteiger charge is 2.47. The molecule has 0 bridgehead atoms. The third-order valence-corrected chi connectivity index (χ3v) is 3.55. The summed E-state index contributed by atoms with van der Waals surface area (Å²) in [5.74, 6) is 0. The number of aryl methyl sites for hydroxylation is 1. The van der Waals surface area contributed by atoms with E-state index in [0.717, 1.165) is 0 Å². The highest BCUT2D eigenvalue weighted by atomic mass is 16.5. The molecule has 3 nitrogen and oxygen atoms in total. The van der Waals surface area contributed by atoms with Gasteiger partial charge in [-0.25, -0.2) is 0 Å². The standard InChI is InChI=1S/C14H21NO2/c1-11-5-4-6-12(7-11)13(15(2)3)14(8-16)9-17-10-14/h4-7,13,16H,8-10H2,1-3H3. The second-order valence-corrected chi connectivity index (χ2v) is 5.29. The molecule has 1 aliphatic heterocycles. The van der Waals surface area contributed by atoms with Crippen LogP contribution in [0.3, 0.4) is 0 Å². The van der Waals surface area contributed by atoms with Crippen LogP contribution >= 0.6 is 0 Å². The van der Waals surface area contributed by atoms with Crippen LogP contribution in [0.25, 0.3) is 0 Å². The van der Waals surface area contributed by atoms with Crippen molar-refractivity contribution in [1.29, 1.82) is 0 Å². The van der Waals surface area contributed by atoms with Crippen LogP contribution in [-0.4, -0.2) is 43.9 Å². The molecule has 3 heteroatoms. The Labute approximate surface area is 103 Å². The van der Waals surface area contributed by atoms with Crippen LogP contribution < -0.4 is 0 Å². The Hall–Kier alpha value is -0.900. The van der Waals surface area contributed by atoms with Gasteiger partial charge in [0.1, 0.15) is 0 Å². The highest BCUT2D eigenvalue weighted by Crippen LogP contribution is 2.43. The van der Waals surface area contributed by atoms with Gasteiger partial charge in [0.05, 0.1) is 25.2 Å². The zero-order chi connectivity index (χ0) is 12.5. The fraction of sp³-hybridized carbons (Fsp3) is 0.571. The van der Waals surface area contributed by atoms with Gasteiger partial charge in [0.15, 0.2) is 0 Å². The molecule has 94 valence electrons. The summed E-state index contributed by atoms with van der Waals surface area (Å²) in [7, 11) is 4.12. The van der Waals surface area contributed by atoms with Gasteiger partial charge in [-0.15, -0.1) is 0 Å². The van der Waals surface area contributed by atoms with E-state index in [9.17, 15) is 5.11 Å². The molecule has 1 aromatic carbocycles. The fourth-order valence-corrected chi connectivity index (χ4v) is 2.74. The molecule has 1 N–H and O–H groups in total. The first-order chi connectivity index (χ1) is 8.09. The van der Waals surface area contributed by atoms with Gasteiger partial charge in [-0.2, -0.15) is 0 Å². The summed E-state index contributed by atoms with van der Waals surface area (Å²) >= 11 is 0. The normalized spacial score (nSPS) is 20.1. The quantitative estimate of drug-likeness (QED) is 0.860. The second kappa shape index (κ2) is 4.77. The van der Waals surface area contributed by atoms with E-state index in [-0.39, 0.29) is 18.1 Å².